The van der Waals surface area contributed by atoms with Crippen LogP contribution in [0.15, 0.2) is 42.5 Å². The Kier molecular flexibility index (Phi) is 9.01. The standard InChI is InChI=1S/C19H20F4N2O.2ClH/c1-13-16(3-2-4-17(13)20)18(25-11-9-24-10-12-25)14-5-7-15(8-6-14)26-19(21,22)23;;/h2-8,18,24H,9-12H2,1H3;2*1H/t18-;;/m0../s1. The molecule has 0 radical (unpaired) electrons. The lowest BCUT2D eigenvalue weighted by atomic mass is 9.93. The van der Waals surface area contributed by atoms with Crippen LogP contribution in [0.5, 0.6) is 5.75 Å². The van der Waals surface area contributed by atoms with E-state index in [9.17, 15) is 17.6 Å². The first-order valence-corrected chi connectivity index (χ1v) is 8.40. The lowest BCUT2D eigenvalue weighted by Gasteiger charge is -2.36. The Morgan fingerprint density at radius 3 is 2.18 bits per heavy atom. The molecule has 2 aromatic carbocycles. The highest BCUT2D eigenvalue weighted by Crippen LogP contribution is 2.33. The molecule has 1 aliphatic heterocycles. The predicted octanol–water partition coefficient (Wildman–Crippen LogP) is 4.87. The van der Waals surface area contributed by atoms with Crippen LogP contribution in [0.1, 0.15) is 22.7 Å². The van der Waals surface area contributed by atoms with E-state index >= 15 is 0 Å². The van der Waals surface area contributed by atoms with E-state index in [1.807, 2.05) is 6.07 Å². The molecule has 9 heteroatoms. The Hall–Kier alpha value is -1.54. The van der Waals surface area contributed by atoms with Gasteiger partial charge in [-0.15, -0.1) is 38.0 Å². The van der Waals surface area contributed by atoms with Gasteiger partial charge in [-0.2, -0.15) is 0 Å². The molecule has 2 aromatic rings. The molecule has 3 rings (SSSR count). The number of ether oxygens (including phenoxy) is 1. The molecular weight excluding hydrogens is 419 g/mol. The van der Waals surface area contributed by atoms with Gasteiger partial charge < -0.3 is 10.1 Å². The van der Waals surface area contributed by atoms with Crippen LogP contribution in [0.25, 0.3) is 0 Å². The summed E-state index contributed by atoms with van der Waals surface area (Å²) in [5.74, 6) is -0.559. The Labute approximate surface area is 173 Å². The Bertz CT molecular complexity index is 751. The van der Waals surface area contributed by atoms with Crippen LogP contribution >= 0.6 is 24.8 Å². The van der Waals surface area contributed by atoms with Crippen molar-refractivity contribution in [2.75, 3.05) is 26.2 Å². The van der Waals surface area contributed by atoms with Gasteiger partial charge in [0.25, 0.3) is 0 Å². The van der Waals surface area contributed by atoms with Crippen molar-refractivity contribution in [3.63, 3.8) is 0 Å². The summed E-state index contributed by atoms with van der Waals surface area (Å²) < 4.78 is 55.2. The third-order valence-corrected chi connectivity index (χ3v) is 4.55. The van der Waals surface area contributed by atoms with Crippen LogP contribution in [0.4, 0.5) is 17.6 Å². The lowest BCUT2D eigenvalue weighted by molar-refractivity contribution is -0.274. The van der Waals surface area contributed by atoms with Gasteiger partial charge in [0.1, 0.15) is 11.6 Å². The van der Waals surface area contributed by atoms with Gasteiger partial charge in [-0.05, 0) is 41.8 Å². The molecule has 28 heavy (non-hydrogen) atoms. The first-order valence-electron chi connectivity index (χ1n) is 8.40. The SMILES string of the molecule is Cc1c(F)cccc1[C@H](c1ccc(OC(F)(F)F)cc1)N1CCNCC1.Cl.Cl. The second-order valence-electron chi connectivity index (χ2n) is 6.26. The number of benzene rings is 2. The van der Waals surface area contributed by atoms with Crippen LogP contribution in [-0.2, 0) is 0 Å². The van der Waals surface area contributed by atoms with Crippen molar-refractivity contribution in [1.82, 2.24) is 10.2 Å². The average molecular weight is 441 g/mol. The van der Waals surface area contributed by atoms with Crippen LogP contribution in [0.2, 0.25) is 0 Å². The fourth-order valence-corrected chi connectivity index (χ4v) is 3.30. The number of nitrogens with zero attached hydrogens (tertiary/aromatic N) is 1. The maximum absolute atomic E-state index is 14.1. The molecule has 0 unspecified atom stereocenters. The molecule has 0 spiro atoms. The molecule has 3 nitrogen and oxygen atoms in total. The molecule has 0 aliphatic carbocycles. The van der Waals surface area contributed by atoms with E-state index in [-0.39, 0.29) is 42.4 Å². The van der Waals surface area contributed by atoms with Crippen molar-refractivity contribution in [2.45, 2.75) is 19.3 Å². The Morgan fingerprint density at radius 2 is 1.61 bits per heavy atom. The number of hydrogen-bond acceptors (Lipinski definition) is 3. The maximum Gasteiger partial charge on any atom is 0.573 e. The molecule has 0 bridgehead atoms. The molecule has 1 fully saturated rings. The number of rotatable bonds is 4. The van der Waals surface area contributed by atoms with Crippen molar-refractivity contribution in [1.29, 1.82) is 0 Å². The fraction of sp³-hybridized carbons (Fsp3) is 0.368. The lowest BCUT2D eigenvalue weighted by Crippen LogP contribution is -2.45. The van der Waals surface area contributed by atoms with Gasteiger partial charge in [0.15, 0.2) is 0 Å². The highest BCUT2D eigenvalue weighted by Gasteiger charge is 2.31. The Balaban J connectivity index is 0.00000196. The second-order valence-corrected chi connectivity index (χ2v) is 6.26. The van der Waals surface area contributed by atoms with Crippen LogP contribution in [0, 0.1) is 12.7 Å². The Morgan fingerprint density at radius 1 is 1.00 bits per heavy atom. The van der Waals surface area contributed by atoms with Crippen LogP contribution in [-0.4, -0.2) is 37.4 Å². The van der Waals surface area contributed by atoms with Crippen molar-refractivity contribution in [3.05, 3.63) is 65.0 Å². The van der Waals surface area contributed by atoms with Gasteiger partial charge in [0.2, 0.25) is 0 Å². The van der Waals surface area contributed by atoms with E-state index in [0.717, 1.165) is 37.3 Å². The zero-order valence-electron chi connectivity index (χ0n) is 15.1. The van der Waals surface area contributed by atoms with Crippen molar-refractivity contribution in [3.8, 4) is 5.75 Å². The highest BCUT2D eigenvalue weighted by molar-refractivity contribution is 5.85. The average Bonchev–Trinajstić information content (AvgIpc) is 2.60. The molecule has 1 saturated heterocycles. The normalized spacial score (nSPS) is 15.9. The maximum atomic E-state index is 14.1. The molecule has 0 amide bonds. The summed E-state index contributed by atoms with van der Waals surface area (Å²) in [4.78, 5) is 2.21. The van der Waals surface area contributed by atoms with E-state index in [0.29, 0.717) is 5.56 Å². The first kappa shape index (κ1) is 24.5. The topological polar surface area (TPSA) is 24.5 Å². The smallest absolute Gasteiger partial charge is 0.406 e. The number of halogens is 6. The molecule has 156 valence electrons. The summed E-state index contributed by atoms with van der Waals surface area (Å²) in [6.07, 6.45) is -4.72. The van der Waals surface area contributed by atoms with Gasteiger partial charge in [-0.1, -0.05) is 24.3 Å². The predicted molar refractivity (Wildman–Crippen MR) is 105 cm³/mol. The van der Waals surface area contributed by atoms with Gasteiger partial charge in [0.05, 0.1) is 6.04 Å². The van der Waals surface area contributed by atoms with Crippen molar-refractivity contribution < 1.29 is 22.3 Å². The monoisotopic (exact) mass is 440 g/mol. The minimum Gasteiger partial charge on any atom is -0.406 e. The number of alkyl halides is 3. The van der Waals surface area contributed by atoms with E-state index in [1.165, 1.54) is 18.2 Å². The molecule has 0 aromatic heterocycles. The molecular formula is C19H22Cl2F4N2O. The molecule has 0 saturated carbocycles. The quantitative estimate of drug-likeness (QED) is 0.686. The number of piperazine rings is 1. The minimum atomic E-state index is -4.72. The summed E-state index contributed by atoms with van der Waals surface area (Å²) in [6.45, 7) is 4.87. The highest BCUT2D eigenvalue weighted by atomic mass is 35.5. The van der Waals surface area contributed by atoms with E-state index < -0.39 is 6.36 Å². The minimum absolute atomic E-state index is 0. The van der Waals surface area contributed by atoms with E-state index in [1.54, 1.807) is 25.1 Å². The number of hydrogen-bond donors (Lipinski definition) is 1. The van der Waals surface area contributed by atoms with Gasteiger partial charge in [-0.25, -0.2) is 4.39 Å². The van der Waals surface area contributed by atoms with Crippen molar-refractivity contribution in [2.24, 2.45) is 0 Å². The first-order chi connectivity index (χ1) is 12.3. The summed E-state index contributed by atoms with van der Waals surface area (Å²) in [5, 5.41) is 3.27. The van der Waals surface area contributed by atoms with Crippen molar-refractivity contribution >= 4 is 24.8 Å². The van der Waals surface area contributed by atoms with Crippen LogP contribution < -0.4 is 10.1 Å². The molecule has 1 atom stereocenters. The zero-order valence-corrected chi connectivity index (χ0v) is 16.8. The molecule has 1 heterocycles. The van der Waals surface area contributed by atoms with Gasteiger partial charge >= 0.3 is 6.36 Å². The second kappa shape index (κ2) is 10.3. The van der Waals surface area contributed by atoms with E-state index in [4.69, 9.17) is 0 Å². The third-order valence-electron chi connectivity index (χ3n) is 4.55. The summed E-state index contributed by atoms with van der Waals surface area (Å²) >= 11 is 0. The summed E-state index contributed by atoms with van der Waals surface area (Å²) in [5.41, 5.74) is 2.16. The van der Waals surface area contributed by atoms with Crippen LogP contribution in [0.3, 0.4) is 0 Å². The third kappa shape index (κ3) is 5.98. The summed E-state index contributed by atoms with van der Waals surface area (Å²) in [7, 11) is 0. The largest absolute Gasteiger partial charge is 0.573 e. The molecule has 1 N–H and O–H groups in total. The fourth-order valence-electron chi connectivity index (χ4n) is 3.30. The van der Waals surface area contributed by atoms with E-state index in [2.05, 4.69) is 15.0 Å². The van der Waals surface area contributed by atoms with Gasteiger partial charge in [-0.3, -0.25) is 4.90 Å². The zero-order chi connectivity index (χ0) is 18.7. The number of nitrogens with one attached hydrogen (secondary N) is 1. The van der Waals surface area contributed by atoms with Gasteiger partial charge in [0, 0.05) is 26.2 Å². The summed E-state index contributed by atoms with van der Waals surface area (Å²) in [6, 6.07) is 10.5. The molecule has 1 aliphatic rings.